The van der Waals surface area contributed by atoms with Crippen LogP contribution in [-0.4, -0.2) is 31.3 Å². The number of carbonyl (C=O) groups excluding carboxylic acids is 1. The Bertz CT molecular complexity index is 279. The van der Waals surface area contributed by atoms with Crippen molar-refractivity contribution >= 4 is 6.09 Å². The highest BCUT2D eigenvalue weighted by Crippen LogP contribution is 2.26. The summed E-state index contributed by atoms with van der Waals surface area (Å²) in [5.74, 6) is 0.741. The van der Waals surface area contributed by atoms with Crippen LogP contribution in [0.3, 0.4) is 0 Å². The Hall–Kier alpha value is -0.770. The Morgan fingerprint density at radius 2 is 1.80 bits per heavy atom. The molecule has 1 rings (SSSR count). The summed E-state index contributed by atoms with van der Waals surface area (Å²) in [7, 11) is 1.93. The van der Waals surface area contributed by atoms with E-state index >= 15 is 0 Å². The number of carbonyl (C=O) groups is 1. The Labute approximate surface area is 124 Å². The molecule has 1 aliphatic rings. The van der Waals surface area contributed by atoms with Gasteiger partial charge in [0.05, 0.1) is 0 Å². The number of nitrogens with one attached hydrogen (secondary N) is 2. The van der Waals surface area contributed by atoms with Crippen LogP contribution in [0.5, 0.6) is 0 Å². The minimum Gasteiger partial charge on any atom is -0.444 e. The van der Waals surface area contributed by atoms with Crippen molar-refractivity contribution in [2.24, 2.45) is 5.92 Å². The topological polar surface area (TPSA) is 50.4 Å². The van der Waals surface area contributed by atoms with Crippen molar-refractivity contribution in [1.82, 2.24) is 10.6 Å². The number of hydrogen-bond acceptors (Lipinski definition) is 3. The van der Waals surface area contributed by atoms with Gasteiger partial charge >= 0.3 is 6.09 Å². The standard InChI is InChI=1S/C16H32N2O2/c1-16(2,3)20-15(19)18-14(12-17-4)11-13-9-7-5-6-8-10-13/h13-14,17H,5-12H2,1-4H3,(H,18,19). The third-order valence-corrected chi connectivity index (χ3v) is 3.76. The van der Waals surface area contributed by atoms with E-state index < -0.39 is 5.60 Å². The predicted molar refractivity (Wildman–Crippen MR) is 82.9 cm³/mol. The fourth-order valence-electron chi connectivity index (χ4n) is 2.92. The summed E-state index contributed by atoms with van der Waals surface area (Å²) in [6.45, 7) is 6.48. The van der Waals surface area contributed by atoms with Crippen molar-refractivity contribution < 1.29 is 9.53 Å². The number of rotatable bonds is 5. The van der Waals surface area contributed by atoms with Crippen molar-refractivity contribution in [1.29, 1.82) is 0 Å². The van der Waals surface area contributed by atoms with Gasteiger partial charge in [0.1, 0.15) is 5.60 Å². The summed E-state index contributed by atoms with van der Waals surface area (Å²) in [5.41, 5.74) is -0.434. The maximum absolute atomic E-state index is 11.9. The summed E-state index contributed by atoms with van der Waals surface area (Å²) >= 11 is 0. The largest absolute Gasteiger partial charge is 0.444 e. The molecule has 1 aliphatic carbocycles. The molecule has 0 aromatic rings. The van der Waals surface area contributed by atoms with Gasteiger partial charge in [-0.1, -0.05) is 38.5 Å². The van der Waals surface area contributed by atoms with Crippen molar-refractivity contribution in [3.8, 4) is 0 Å². The Kier molecular flexibility index (Phi) is 7.35. The quantitative estimate of drug-likeness (QED) is 0.760. The molecule has 20 heavy (non-hydrogen) atoms. The van der Waals surface area contributed by atoms with E-state index in [0.29, 0.717) is 0 Å². The maximum atomic E-state index is 11.9. The first-order chi connectivity index (χ1) is 9.40. The van der Waals surface area contributed by atoms with Crippen LogP contribution < -0.4 is 10.6 Å². The van der Waals surface area contributed by atoms with Crippen LogP contribution in [0.2, 0.25) is 0 Å². The smallest absolute Gasteiger partial charge is 0.407 e. The molecule has 0 aromatic carbocycles. The molecule has 0 spiro atoms. The third kappa shape index (κ3) is 7.73. The monoisotopic (exact) mass is 284 g/mol. The molecule has 4 nitrogen and oxygen atoms in total. The van der Waals surface area contributed by atoms with Crippen LogP contribution in [0.15, 0.2) is 0 Å². The molecule has 1 atom stereocenters. The second kappa shape index (κ2) is 8.50. The van der Waals surface area contributed by atoms with E-state index in [4.69, 9.17) is 4.74 Å². The first-order valence-electron chi connectivity index (χ1n) is 8.05. The van der Waals surface area contributed by atoms with E-state index in [0.717, 1.165) is 18.9 Å². The normalized spacial score (nSPS) is 19.2. The number of ether oxygens (including phenoxy) is 1. The number of hydrogen-bond donors (Lipinski definition) is 2. The Morgan fingerprint density at radius 3 is 2.30 bits per heavy atom. The fraction of sp³-hybridized carbons (Fsp3) is 0.938. The second-order valence-electron chi connectivity index (χ2n) is 6.99. The highest BCUT2D eigenvalue weighted by molar-refractivity contribution is 5.68. The lowest BCUT2D eigenvalue weighted by molar-refractivity contribution is 0.0496. The summed E-state index contributed by atoms with van der Waals surface area (Å²) in [6, 6.07) is 0.165. The zero-order valence-corrected chi connectivity index (χ0v) is 13.6. The number of amides is 1. The molecule has 0 heterocycles. The molecule has 4 heteroatoms. The SMILES string of the molecule is CNCC(CC1CCCCCC1)NC(=O)OC(C)(C)C. The van der Waals surface area contributed by atoms with E-state index in [9.17, 15) is 4.79 Å². The average molecular weight is 284 g/mol. The highest BCUT2D eigenvalue weighted by atomic mass is 16.6. The molecule has 1 amide bonds. The van der Waals surface area contributed by atoms with Gasteiger partial charge in [0.25, 0.3) is 0 Å². The highest BCUT2D eigenvalue weighted by Gasteiger charge is 2.22. The van der Waals surface area contributed by atoms with Gasteiger partial charge < -0.3 is 15.4 Å². The first-order valence-corrected chi connectivity index (χ1v) is 8.05. The van der Waals surface area contributed by atoms with Gasteiger partial charge in [0.15, 0.2) is 0 Å². The van der Waals surface area contributed by atoms with Crippen LogP contribution >= 0.6 is 0 Å². The van der Waals surface area contributed by atoms with Crippen LogP contribution in [0.4, 0.5) is 4.79 Å². The van der Waals surface area contributed by atoms with Gasteiger partial charge in [-0.3, -0.25) is 0 Å². The molecule has 1 saturated carbocycles. The van der Waals surface area contributed by atoms with Crippen LogP contribution in [-0.2, 0) is 4.74 Å². The van der Waals surface area contributed by atoms with E-state index in [1.165, 1.54) is 38.5 Å². The molecule has 0 aliphatic heterocycles. The van der Waals surface area contributed by atoms with Gasteiger partial charge in [-0.15, -0.1) is 0 Å². The van der Waals surface area contributed by atoms with Crippen LogP contribution in [0.25, 0.3) is 0 Å². The van der Waals surface area contributed by atoms with E-state index in [2.05, 4.69) is 10.6 Å². The van der Waals surface area contributed by atoms with Gasteiger partial charge in [-0.05, 0) is 40.2 Å². The van der Waals surface area contributed by atoms with Gasteiger partial charge in [0, 0.05) is 12.6 Å². The van der Waals surface area contributed by atoms with E-state index in [-0.39, 0.29) is 12.1 Å². The minimum atomic E-state index is -0.434. The lowest BCUT2D eigenvalue weighted by Gasteiger charge is -2.26. The van der Waals surface area contributed by atoms with Gasteiger partial charge in [0.2, 0.25) is 0 Å². The fourth-order valence-corrected chi connectivity index (χ4v) is 2.92. The lowest BCUT2D eigenvalue weighted by atomic mass is 9.92. The van der Waals surface area contributed by atoms with Crippen molar-refractivity contribution in [3.63, 3.8) is 0 Å². The molecular weight excluding hydrogens is 252 g/mol. The molecule has 118 valence electrons. The average Bonchev–Trinajstić information content (AvgIpc) is 2.55. The molecule has 0 bridgehead atoms. The summed E-state index contributed by atoms with van der Waals surface area (Å²) in [5, 5.41) is 6.19. The van der Waals surface area contributed by atoms with E-state index in [1.54, 1.807) is 0 Å². The molecule has 1 fully saturated rings. The molecular formula is C16H32N2O2. The Balaban J connectivity index is 2.44. The number of alkyl carbamates (subject to hydrolysis) is 1. The van der Waals surface area contributed by atoms with Gasteiger partial charge in [-0.25, -0.2) is 4.79 Å². The first kappa shape index (κ1) is 17.3. The Morgan fingerprint density at radius 1 is 1.20 bits per heavy atom. The lowest BCUT2D eigenvalue weighted by Crippen LogP contribution is -2.44. The molecule has 0 aromatic heterocycles. The third-order valence-electron chi connectivity index (χ3n) is 3.76. The van der Waals surface area contributed by atoms with Gasteiger partial charge in [-0.2, -0.15) is 0 Å². The summed E-state index contributed by atoms with van der Waals surface area (Å²) in [6.07, 6.45) is 8.77. The summed E-state index contributed by atoms with van der Waals surface area (Å²) < 4.78 is 5.35. The van der Waals surface area contributed by atoms with Crippen molar-refractivity contribution in [3.05, 3.63) is 0 Å². The molecule has 0 saturated heterocycles. The molecule has 1 unspecified atom stereocenters. The van der Waals surface area contributed by atoms with Crippen LogP contribution in [0.1, 0.15) is 65.7 Å². The van der Waals surface area contributed by atoms with E-state index in [1.807, 2.05) is 27.8 Å². The summed E-state index contributed by atoms with van der Waals surface area (Å²) in [4.78, 5) is 11.9. The number of likely N-dealkylation sites (N-methyl/N-ethyl adjacent to an activating group) is 1. The zero-order chi connectivity index (χ0) is 15.0. The molecule has 2 N–H and O–H groups in total. The molecule has 0 radical (unpaired) electrons. The predicted octanol–water partition coefficient (Wildman–Crippen LogP) is 3.46. The minimum absolute atomic E-state index is 0.165. The van der Waals surface area contributed by atoms with Crippen molar-refractivity contribution in [2.75, 3.05) is 13.6 Å². The zero-order valence-electron chi connectivity index (χ0n) is 13.6. The van der Waals surface area contributed by atoms with Crippen molar-refractivity contribution in [2.45, 2.75) is 77.4 Å². The second-order valence-corrected chi connectivity index (χ2v) is 6.99. The van der Waals surface area contributed by atoms with Crippen LogP contribution in [0, 0.1) is 5.92 Å². The maximum Gasteiger partial charge on any atom is 0.407 e.